The van der Waals surface area contributed by atoms with E-state index in [1.54, 1.807) is 53.3 Å². The Morgan fingerprint density at radius 2 is 1.88 bits per heavy atom. The van der Waals surface area contributed by atoms with Crippen LogP contribution in [0.25, 0.3) is 27.2 Å². The molecule has 0 N–H and O–H groups in total. The first kappa shape index (κ1) is 21.9. The standard InChI is InChI=1S/C26H18N4O2S2/c1-32-21-6-4-5-18(13-21)24-28-19(15-33-24)16-34-26-29-23-8-3-2-7-22(23)25(31)30(26)20-11-9-17(14-27)10-12-20/h2-13,15H,16H2,1H3. The van der Waals surface area contributed by atoms with Gasteiger partial charge >= 0.3 is 0 Å². The summed E-state index contributed by atoms with van der Waals surface area (Å²) in [4.78, 5) is 22.9. The first-order valence-electron chi connectivity index (χ1n) is 10.4. The number of hydrogen-bond acceptors (Lipinski definition) is 7. The predicted octanol–water partition coefficient (Wildman–Crippen LogP) is 5.68. The van der Waals surface area contributed by atoms with Gasteiger partial charge in [0.05, 0.1) is 41.0 Å². The van der Waals surface area contributed by atoms with Gasteiger partial charge in [-0.3, -0.25) is 9.36 Å². The molecule has 3 aromatic carbocycles. The van der Waals surface area contributed by atoms with E-state index in [0.717, 1.165) is 22.0 Å². The summed E-state index contributed by atoms with van der Waals surface area (Å²) in [5, 5.41) is 13.2. The molecule has 0 aliphatic carbocycles. The highest BCUT2D eigenvalue weighted by Gasteiger charge is 2.15. The largest absolute Gasteiger partial charge is 0.497 e. The lowest BCUT2D eigenvalue weighted by atomic mass is 10.2. The third-order valence-corrected chi connectivity index (χ3v) is 7.13. The first-order valence-corrected chi connectivity index (χ1v) is 12.3. The quantitative estimate of drug-likeness (QED) is 0.229. The number of benzene rings is 3. The lowest BCUT2D eigenvalue weighted by Gasteiger charge is -2.13. The molecule has 34 heavy (non-hydrogen) atoms. The lowest BCUT2D eigenvalue weighted by Crippen LogP contribution is -2.21. The number of aromatic nitrogens is 3. The second-order valence-corrected chi connectivity index (χ2v) is 9.18. The molecule has 0 spiro atoms. The van der Waals surface area contributed by atoms with Gasteiger partial charge in [-0.2, -0.15) is 5.26 Å². The highest BCUT2D eigenvalue weighted by Crippen LogP contribution is 2.30. The molecular formula is C26H18N4O2S2. The number of hydrogen-bond donors (Lipinski definition) is 0. The van der Waals surface area contributed by atoms with Crippen molar-refractivity contribution in [3.05, 3.63) is 99.8 Å². The number of para-hydroxylation sites is 1. The lowest BCUT2D eigenvalue weighted by molar-refractivity contribution is 0.415. The smallest absolute Gasteiger partial charge is 0.266 e. The summed E-state index contributed by atoms with van der Waals surface area (Å²) in [6.07, 6.45) is 0. The molecule has 2 heterocycles. The van der Waals surface area contributed by atoms with Crippen LogP contribution in [0.3, 0.4) is 0 Å². The molecule has 0 bridgehead atoms. The van der Waals surface area contributed by atoms with E-state index in [2.05, 4.69) is 6.07 Å². The zero-order valence-electron chi connectivity index (χ0n) is 18.1. The van der Waals surface area contributed by atoms with E-state index in [-0.39, 0.29) is 5.56 Å². The Bertz CT molecular complexity index is 1580. The topological polar surface area (TPSA) is 80.8 Å². The van der Waals surface area contributed by atoms with Crippen molar-refractivity contribution < 1.29 is 4.74 Å². The van der Waals surface area contributed by atoms with Gasteiger partial charge in [0.1, 0.15) is 10.8 Å². The van der Waals surface area contributed by atoms with E-state index in [4.69, 9.17) is 20.0 Å². The summed E-state index contributed by atoms with van der Waals surface area (Å²) in [5.41, 5.74) is 3.61. The van der Waals surface area contributed by atoms with Gasteiger partial charge in [-0.1, -0.05) is 36.0 Å². The van der Waals surface area contributed by atoms with Gasteiger partial charge in [0, 0.05) is 16.7 Å². The van der Waals surface area contributed by atoms with Gasteiger partial charge in [-0.05, 0) is 48.5 Å². The Hall–Kier alpha value is -3.93. The van der Waals surface area contributed by atoms with Crippen molar-refractivity contribution in [2.45, 2.75) is 10.9 Å². The van der Waals surface area contributed by atoms with E-state index in [9.17, 15) is 4.79 Å². The fourth-order valence-electron chi connectivity index (χ4n) is 3.52. The highest BCUT2D eigenvalue weighted by atomic mass is 32.2. The summed E-state index contributed by atoms with van der Waals surface area (Å²) in [6.45, 7) is 0. The Morgan fingerprint density at radius 1 is 1.06 bits per heavy atom. The number of fused-ring (bicyclic) bond motifs is 1. The van der Waals surface area contributed by atoms with Crippen LogP contribution in [-0.2, 0) is 5.75 Å². The van der Waals surface area contributed by atoms with Crippen molar-refractivity contribution in [1.82, 2.24) is 14.5 Å². The van der Waals surface area contributed by atoms with E-state index in [1.807, 2.05) is 47.8 Å². The second kappa shape index (κ2) is 9.51. The molecule has 6 nitrogen and oxygen atoms in total. The van der Waals surface area contributed by atoms with Crippen molar-refractivity contribution in [2.24, 2.45) is 0 Å². The molecular weight excluding hydrogens is 464 g/mol. The van der Waals surface area contributed by atoms with Gasteiger partial charge in [0.25, 0.3) is 5.56 Å². The average Bonchev–Trinajstić information content (AvgIpc) is 3.37. The summed E-state index contributed by atoms with van der Waals surface area (Å²) in [5.74, 6) is 1.34. The Labute approximate surface area is 204 Å². The molecule has 0 unspecified atom stereocenters. The first-order chi connectivity index (χ1) is 16.7. The molecule has 2 aromatic heterocycles. The zero-order chi connectivity index (χ0) is 23.5. The fourth-order valence-corrected chi connectivity index (χ4v) is 5.35. The molecule has 0 aliphatic heterocycles. The summed E-state index contributed by atoms with van der Waals surface area (Å²) in [6, 6.07) is 24.2. The number of nitrogens with zero attached hydrogens (tertiary/aromatic N) is 4. The zero-order valence-corrected chi connectivity index (χ0v) is 19.8. The summed E-state index contributed by atoms with van der Waals surface area (Å²) < 4.78 is 6.92. The third kappa shape index (κ3) is 4.31. The number of nitriles is 1. The van der Waals surface area contributed by atoms with Gasteiger partial charge in [-0.15, -0.1) is 11.3 Å². The molecule has 0 amide bonds. The van der Waals surface area contributed by atoms with Gasteiger partial charge < -0.3 is 4.74 Å². The minimum atomic E-state index is -0.145. The van der Waals surface area contributed by atoms with Crippen LogP contribution in [0, 0.1) is 11.3 Å². The van der Waals surface area contributed by atoms with Crippen LogP contribution >= 0.6 is 23.1 Å². The highest BCUT2D eigenvalue weighted by molar-refractivity contribution is 7.98. The van der Waals surface area contributed by atoms with Gasteiger partial charge in [0.15, 0.2) is 5.16 Å². The molecule has 0 saturated heterocycles. The SMILES string of the molecule is COc1cccc(-c2nc(CSc3nc4ccccc4c(=O)n3-c3ccc(C#N)cc3)cs2)c1. The Kier molecular flexibility index (Phi) is 6.12. The van der Waals surface area contributed by atoms with Crippen molar-refractivity contribution >= 4 is 34.0 Å². The molecule has 0 saturated carbocycles. The number of methoxy groups -OCH3 is 1. The maximum atomic E-state index is 13.4. The van der Waals surface area contributed by atoms with Gasteiger partial charge in [0.2, 0.25) is 0 Å². The molecule has 166 valence electrons. The molecule has 0 radical (unpaired) electrons. The Balaban J connectivity index is 1.49. The van der Waals surface area contributed by atoms with Crippen LogP contribution in [0.2, 0.25) is 0 Å². The van der Waals surface area contributed by atoms with Crippen LogP contribution in [-0.4, -0.2) is 21.6 Å². The number of thioether (sulfide) groups is 1. The second-order valence-electron chi connectivity index (χ2n) is 7.38. The van der Waals surface area contributed by atoms with E-state index in [1.165, 1.54) is 11.8 Å². The van der Waals surface area contributed by atoms with Crippen molar-refractivity contribution in [3.8, 4) is 28.1 Å². The third-order valence-electron chi connectivity index (χ3n) is 5.22. The minimum absolute atomic E-state index is 0.145. The van der Waals surface area contributed by atoms with Crippen LogP contribution in [0.15, 0.2) is 88.1 Å². The molecule has 5 rings (SSSR count). The monoisotopic (exact) mass is 482 g/mol. The number of rotatable bonds is 6. The van der Waals surface area contributed by atoms with E-state index < -0.39 is 0 Å². The number of ether oxygens (including phenoxy) is 1. The minimum Gasteiger partial charge on any atom is -0.497 e. The van der Waals surface area contributed by atoms with Crippen molar-refractivity contribution in [2.75, 3.05) is 7.11 Å². The molecule has 0 atom stereocenters. The summed E-state index contributed by atoms with van der Waals surface area (Å²) >= 11 is 3.02. The number of thiazole rings is 1. The summed E-state index contributed by atoms with van der Waals surface area (Å²) in [7, 11) is 1.65. The molecule has 5 aromatic rings. The predicted molar refractivity (Wildman–Crippen MR) is 136 cm³/mol. The fraction of sp³-hybridized carbons (Fsp3) is 0.0769. The van der Waals surface area contributed by atoms with Crippen LogP contribution in [0.4, 0.5) is 0 Å². The van der Waals surface area contributed by atoms with Crippen LogP contribution < -0.4 is 10.3 Å². The van der Waals surface area contributed by atoms with E-state index in [0.29, 0.717) is 33.1 Å². The molecule has 0 fully saturated rings. The van der Waals surface area contributed by atoms with Crippen molar-refractivity contribution in [1.29, 1.82) is 5.26 Å². The Morgan fingerprint density at radius 3 is 2.68 bits per heavy atom. The maximum absolute atomic E-state index is 13.4. The van der Waals surface area contributed by atoms with Crippen LogP contribution in [0.1, 0.15) is 11.3 Å². The van der Waals surface area contributed by atoms with Crippen molar-refractivity contribution in [3.63, 3.8) is 0 Å². The van der Waals surface area contributed by atoms with Crippen LogP contribution in [0.5, 0.6) is 5.75 Å². The normalized spacial score (nSPS) is 10.8. The molecule has 0 aliphatic rings. The van der Waals surface area contributed by atoms with E-state index >= 15 is 0 Å². The average molecular weight is 483 g/mol. The van der Waals surface area contributed by atoms with Gasteiger partial charge in [-0.25, -0.2) is 9.97 Å². The molecule has 8 heteroatoms. The maximum Gasteiger partial charge on any atom is 0.266 e.